The van der Waals surface area contributed by atoms with Gasteiger partial charge in [0, 0.05) is 5.38 Å². The maximum Gasteiger partial charge on any atom is 1.00 e. The van der Waals surface area contributed by atoms with E-state index in [1.54, 1.807) is 0 Å². The summed E-state index contributed by atoms with van der Waals surface area (Å²) in [6.07, 6.45) is 0. The molecular formula is C10H13FN5NaO6S2. The maximum atomic E-state index is 13.0. The van der Waals surface area contributed by atoms with Crippen molar-refractivity contribution in [2.24, 2.45) is 5.16 Å². The molecule has 1 aromatic heterocycles. The Labute approximate surface area is 169 Å². The molecule has 1 aromatic rings. The van der Waals surface area contributed by atoms with Gasteiger partial charge in [0.05, 0.1) is 0 Å². The van der Waals surface area contributed by atoms with Crippen LogP contribution in [0.1, 0.15) is 7.12 Å². The molecule has 2 rings (SSSR count). The van der Waals surface area contributed by atoms with Gasteiger partial charge >= 0.3 is 39.9 Å². The molecule has 2 atom stereocenters. The number of carbonyl (C=O) groups excluding carboxylic acids is 2. The fourth-order valence-electron chi connectivity index (χ4n) is 2.01. The number of carbonyl (C=O) groups is 2. The van der Waals surface area contributed by atoms with E-state index in [9.17, 15) is 22.4 Å². The Balaban J connectivity index is 0.00000312. The average molecular weight is 405 g/mol. The topological polar surface area (TPSA) is 164 Å². The van der Waals surface area contributed by atoms with E-state index in [4.69, 9.17) is 10.3 Å². The second kappa shape index (κ2) is 8.37. The largest absolute Gasteiger partial charge is 1.00 e. The van der Waals surface area contributed by atoms with Crippen molar-refractivity contribution in [3.63, 3.8) is 0 Å². The number of rotatable bonds is 6. The minimum Gasteiger partial charge on any atom is -1.00 e. The number of thiazole rings is 1. The Kier molecular flexibility index (Phi) is 7.28. The summed E-state index contributed by atoms with van der Waals surface area (Å²) >= 11 is 1.03. The van der Waals surface area contributed by atoms with Crippen LogP contribution in [-0.4, -0.2) is 65.7 Å². The van der Waals surface area contributed by atoms with E-state index < -0.39 is 40.9 Å². The Morgan fingerprint density at radius 1 is 1.68 bits per heavy atom. The normalized spacial score (nSPS) is 20.5. The first-order valence-corrected chi connectivity index (χ1v) is 8.48. The third-order valence-electron chi connectivity index (χ3n) is 3.02. The summed E-state index contributed by atoms with van der Waals surface area (Å²) in [6.45, 7) is -1.29. The minimum atomic E-state index is -4.91. The molecule has 15 heteroatoms. The van der Waals surface area contributed by atoms with Gasteiger partial charge in [0.25, 0.3) is 11.8 Å². The molecule has 2 amide bonds. The van der Waals surface area contributed by atoms with Crippen molar-refractivity contribution in [1.29, 1.82) is 0 Å². The van der Waals surface area contributed by atoms with Crippen molar-refractivity contribution in [2.45, 2.75) is 12.1 Å². The van der Waals surface area contributed by atoms with Gasteiger partial charge in [-0.1, -0.05) is 5.16 Å². The van der Waals surface area contributed by atoms with E-state index in [0.29, 0.717) is 0 Å². The second-order valence-corrected chi connectivity index (χ2v) is 6.66. The number of oxime groups is 1. The number of hydrogen-bond acceptors (Lipinski definition) is 9. The zero-order chi connectivity index (χ0) is 18.1. The Morgan fingerprint density at radius 3 is 2.76 bits per heavy atom. The summed E-state index contributed by atoms with van der Waals surface area (Å²) in [5.41, 5.74) is 5.19. The number of anilines is 1. The van der Waals surface area contributed by atoms with E-state index in [1.807, 2.05) is 0 Å². The van der Waals surface area contributed by atoms with Crippen LogP contribution in [0, 0.1) is 0 Å². The van der Waals surface area contributed by atoms with Crippen molar-refractivity contribution in [3.05, 3.63) is 11.1 Å². The van der Waals surface area contributed by atoms with Crippen LogP contribution in [0.3, 0.4) is 0 Å². The fraction of sp³-hybridized carbons (Fsp3) is 0.400. The number of nitrogens with one attached hydrogen (secondary N) is 1. The number of β-lactam (4-membered cyclic amide) rings is 1. The van der Waals surface area contributed by atoms with Gasteiger partial charge in [-0.2, -0.15) is 8.42 Å². The molecule has 0 aromatic carbocycles. The van der Waals surface area contributed by atoms with Crippen LogP contribution in [0.4, 0.5) is 9.52 Å². The van der Waals surface area contributed by atoms with Crippen molar-refractivity contribution < 1.29 is 62.8 Å². The zero-order valence-electron chi connectivity index (χ0n) is 14.0. The van der Waals surface area contributed by atoms with Crippen molar-refractivity contribution >= 4 is 44.3 Å². The maximum absolute atomic E-state index is 13.0. The molecule has 25 heavy (non-hydrogen) atoms. The summed E-state index contributed by atoms with van der Waals surface area (Å²) < 4.78 is 43.8. The van der Waals surface area contributed by atoms with Crippen LogP contribution in [0.2, 0.25) is 0 Å². The number of nitrogens with zero attached hydrogens (tertiary/aromatic N) is 3. The van der Waals surface area contributed by atoms with Gasteiger partial charge < -0.3 is 17.3 Å². The first-order chi connectivity index (χ1) is 11.2. The molecule has 0 aliphatic carbocycles. The number of halogens is 1. The van der Waals surface area contributed by atoms with Gasteiger partial charge in [-0.05, 0) is 0 Å². The third-order valence-corrected chi connectivity index (χ3v) is 4.65. The van der Waals surface area contributed by atoms with Crippen LogP contribution in [-0.2, 0) is 24.7 Å². The molecule has 0 bridgehead atoms. The molecule has 0 saturated carbocycles. The van der Waals surface area contributed by atoms with E-state index in [1.165, 1.54) is 12.5 Å². The summed E-state index contributed by atoms with van der Waals surface area (Å²) in [6, 6.07) is -3.04. The standard InChI is InChI=1S/C10H12FN5O6S2.Na.H/c1-22-15-6(4-3-23-10(12)13-4)8(17)14-7-5(2-11)16(9(7)18)24(19,20)21;;/h3,5,7H,2H2,1H3,(H2,12,13)(H,14,17)(H,19,20,21);;/q;+1;-1/b15-6-;;. The van der Waals surface area contributed by atoms with Crippen molar-refractivity contribution in [1.82, 2.24) is 14.6 Å². The molecule has 0 radical (unpaired) electrons. The molecule has 0 spiro atoms. The Hall–Kier alpha value is -1.32. The van der Waals surface area contributed by atoms with Crippen LogP contribution in [0.25, 0.3) is 0 Å². The molecule has 1 aliphatic rings. The summed E-state index contributed by atoms with van der Waals surface area (Å²) in [5, 5.41) is 7.16. The molecule has 4 N–H and O–H groups in total. The van der Waals surface area contributed by atoms with Gasteiger partial charge in [-0.15, -0.1) is 11.3 Å². The van der Waals surface area contributed by atoms with Gasteiger partial charge in [0.15, 0.2) is 10.8 Å². The van der Waals surface area contributed by atoms with Crippen molar-refractivity contribution in [3.8, 4) is 0 Å². The van der Waals surface area contributed by atoms with Crippen molar-refractivity contribution in [2.75, 3.05) is 19.5 Å². The molecular weight excluding hydrogens is 392 g/mol. The fourth-order valence-corrected chi connectivity index (χ4v) is 3.42. The van der Waals surface area contributed by atoms with E-state index in [-0.39, 0.29) is 51.8 Å². The first kappa shape index (κ1) is 21.7. The minimum absolute atomic E-state index is 0. The van der Waals surface area contributed by atoms with Crippen LogP contribution in [0.15, 0.2) is 10.5 Å². The van der Waals surface area contributed by atoms with E-state index in [2.05, 4.69) is 20.3 Å². The quantitative estimate of drug-likeness (QED) is 0.141. The monoisotopic (exact) mass is 405 g/mol. The molecule has 1 saturated heterocycles. The molecule has 1 fully saturated rings. The number of amides is 2. The molecule has 1 aliphatic heterocycles. The number of nitrogens with two attached hydrogens (primary N) is 1. The summed E-state index contributed by atoms with van der Waals surface area (Å²) in [7, 11) is -3.75. The Morgan fingerprint density at radius 2 is 2.32 bits per heavy atom. The number of aromatic nitrogens is 1. The zero-order valence-corrected chi connectivity index (χ0v) is 16.7. The first-order valence-electron chi connectivity index (χ1n) is 6.20. The molecule has 134 valence electrons. The van der Waals surface area contributed by atoms with Gasteiger partial charge in [-0.3, -0.25) is 14.1 Å². The average Bonchev–Trinajstić information content (AvgIpc) is 2.91. The smallest absolute Gasteiger partial charge is 1.00 e. The summed E-state index contributed by atoms with van der Waals surface area (Å²) in [5.74, 6) is -2.13. The molecule has 2 heterocycles. The van der Waals surface area contributed by atoms with Gasteiger partial charge in [0.1, 0.15) is 31.6 Å². The second-order valence-electron chi connectivity index (χ2n) is 4.48. The third kappa shape index (κ3) is 4.45. The molecule has 11 nitrogen and oxygen atoms in total. The summed E-state index contributed by atoms with van der Waals surface area (Å²) in [4.78, 5) is 32.3. The van der Waals surface area contributed by atoms with Gasteiger partial charge in [-0.25, -0.2) is 13.7 Å². The number of hydrogen-bond donors (Lipinski definition) is 3. The van der Waals surface area contributed by atoms with Crippen LogP contribution in [0.5, 0.6) is 0 Å². The van der Waals surface area contributed by atoms with Crippen LogP contribution >= 0.6 is 11.3 Å². The molecule has 2 unspecified atom stereocenters. The SMILES string of the molecule is CO/N=C(\C(=O)NC1C(=O)N(S(=O)(=O)O)C1CF)c1csc(N)n1.[H-].[Na+]. The Bertz CT molecular complexity index is 806. The predicted molar refractivity (Wildman–Crippen MR) is 81.3 cm³/mol. The number of nitrogen functional groups attached to an aromatic ring is 1. The number of alkyl halides is 1. The predicted octanol–water partition coefficient (Wildman–Crippen LogP) is -4.34. The van der Waals surface area contributed by atoms with E-state index in [0.717, 1.165) is 11.3 Å². The van der Waals surface area contributed by atoms with Crippen LogP contribution < -0.4 is 40.6 Å². The van der Waals surface area contributed by atoms with Gasteiger partial charge in [0.2, 0.25) is 0 Å². The van der Waals surface area contributed by atoms with E-state index >= 15 is 0 Å².